The van der Waals surface area contributed by atoms with E-state index in [1.807, 2.05) is 41.3 Å². The van der Waals surface area contributed by atoms with E-state index < -0.39 is 5.82 Å². The molecule has 2 atom stereocenters. The number of benzene rings is 3. The molecular weight excluding hydrogens is 571 g/mol. The Bertz CT molecular complexity index is 1850. The average molecular weight is 607 g/mol. The summed E-state index contributed by atoms with van der Waals surface area (Å²) in [6.07, 6.45) is 5.99. The molecule has 1 amide bonds. The molecule has 3 aromatic carbocycles. The molecule has 4 fully saturated rings. The summed E-state index contributed by atoms with van der Waals surface area (Å²) < 4.78 is 23.2. The molecule has 45 heavy (non-hydrogen) atoms. The Labute approximate surface area is 260 Å². The van der Waals surface area contributed by atoms with Crippen LogP contribution >= 0.6 is 0 Å². The summed E-state index contributed by atoms with van der Waals surface area (Å²) in [7, 11) is 0. The highest BCUT2D eigenvalue weighted by atomic mass is 19.1. The summed E-state index contributed by atoms with van der Waals surface area (Å²) in [6, 6.07) is 16.5. The second kappa shape index (κ2) is 10.8. The number of phenolic OH excluding ortho intramolecular Hbond substituents is 1. The number of carbonyl (C=O) groups excluding carboxylic acids is 1. The van der Waals surface area contributed by atoms with Gasteiger partial charge in [0.25, 0.3) is 0 Å². The lowest BCUT2D eigenvalue weighted by atomic mass is 9.95. The monoisotopic (exact) mass is 606 g/mol. The third kappa shape index (κ3) is 4.64. The van der Waals surface area contributed by atoms with Crippen LogP contribution in [0.5, 0.6) is 11.8 Å². The first-order chi connectivity index (χ1) is 21.9. The standard InChI is InChI=1S/C35H35FN6O3/c36-31-27(29-18-25(43)17-22-5-1-2-6-26(22)29)9-10-28-32(31)38-34(45-21-35-12-3-15-41(35)16-4-13-35)39-33(28)40-19-23-7-8-24(20-40)42(23)30(44)11-14-37/h1-2,5-6,9-10,17-18,23-24,43H,3-4,7-8,11-13,15-16,19-21H2. The maximum Gasteiger partial charge on any atom is 0.319 e. The van der Waals surface area contributed by atoms with Crippen molar-refractivity contribution in [1.82, 2.24) is 19.8 Å². The molecule has 2 bridgehead atoms. The number of anilines is 1. The summed E-state index contributed by atoms with van der Waals surface area (Å²) >= 11 is 0. The number of nitriles is 1. The number of aromatic hydroxyl groups is 1. The van der Waals surface area contributed by atoms with E-state index in [4.69, 9.17) is 20.0 Å². The van der Waals surface area contributed by atoms with Gasteiger partial charge in [-0.25, -0.2) is 4.39 Å². The topological polar surface area (TPSA) is 106 Å². The van der Waals surface area contributed by atoms with Gasteiger partial charge in [-0.1, -0.05) is 30.3 Å². The van der Waals surface area contributed by atoms with Gasteiger partial charge in [0.15, 0.2) is 5.82 Å². The highest BCUT2D eigenvalue weighted by Crippen LogP contribution is 2.42. The number of aromatic nitrogens is 2. The first-order valence-corrected chi connectivity index (χ1v) is 16.0. The van der Waals surface area contributed by atoms with Gasteiger partial charge in [0.05, 0.1) is 11.6 Å². The summed E-state index contributed by atoms with van der Waals surface area (Å²) in [6.45, 7) is 3.68. The van der Waals surface area contributed by atoms with Crippen LogP contribution in [0.3, 0.4) is 0 Å². The summed E-state index contributed by atoms with van der Waals surface area (Å²) in [5, 5.41) is 21.9. The largest absolute Gasteiger partial charge is 0.508 e. The maximum absolute atomic E-state index is 16.8. The lowest BCUT2D eigenvalue weighted by Crippen LogP contribution is -2.56. The molecular formula is C35H35FN6O3. The van der Waals surface area contributed by atoms with Crippen LogP contribution in [0.4, 0.5) is 10.2 Å². The molecule has 1 aromatic heterocycles. The number of fused-ring (bicyclic) bond motifs is 5. The van der Waals surface area contributed by atoms with Gasteiger partial charge in [0, 0.05) is 36.1 Å². The Morgan fingerprint density at radius 3 is 2.53 bits per heavy atom. The fourth-order valence-electron chi connectivity index (χ4n) is 8.46. The molecule has 2 unspecified atom stereocenters. The van der Waals surface area contributed by atoms with E-state index in [1.165, 1.54) is 0 Å². The van der Waals surface area contributed by atoms with Crippen molar-refractivity contribution in [2.24, 2.45) is 0 Å². The number of ether oxygens (including phenoxy) is 1. The molecule has 5 heterocycles. The van der Waals surface area contributed by atoms with Crippen molar-refractivity contribution in [1.29, 1.82) is 5.26 Å². The number of rotatable bonds is 6. The maximum atomic E-state index is 16.8. The van der Waals surface area contributed by atoms with Crippen LogP contribution in [0.25, 0.3) is 32.8 Å². The van der Waals surface area contributed by atoms with Gasteiger partial charge < -0.3 is 19.6 Å². The van der Waals surface area contributed by atoms with Crippen molar-refractivity contribution in [3.8, 4) is 29.0 Å². The number of nitrogens with zero attached hydrogens (tertiary/aromatic N) is 6. The lowest BCUT2D eigenvalue weighted by molar-refractivity contribution is -0.133. The number of piperazine rings is 1. The average Bonchev–Trinajstić information content (AvgIpc) is 3.70. The van der Waals surface area contributed by atoms with Gasteiger partial charge in [0.2, 0.25) is 5.91 Å². The van der Waals surface area contributed by atoms with E-state index in [2.05, 4.69) is 9.80 Å². The Balaban J connectivity index is 1.22. The fraction of sp³-hybridized carbons (Fsp3) is 0.429. The second-order valence-corrected chi connectivity index (χ2v) is 13.0. The fourth-order valence-corrected chi connectivity index (χ4v) is 8.46. The number of hydrogen-bond acceptors (Lipinski definition) is 8. The van der Waals surface area contributed by atoms with Crippen LogP contribution in [0, 0.1) is 17.1 Å². The molecule has 4 saturated heterocycles. The van der Waals surface area contributed by atoms with Crippen LogP contribution in [0.15, 0.2) is 48.5 Å². The van der Waals surface area contributed by atoms with Crippen molar-refractivity contribution < 1.29 is 19.0 Å². The van der Waals surface area contributed by atoms with E-state index >= 15 is 4.39 Å². The van der Waals surface area contributed by atoms with Crippen LogP contribution in [-0.4, -0.2) is 81.2 Å². The number of halogens is 1. The Morgan fingerprint density at radius 1 is 1.02 bits per heavy atom. The molecule has 0 saturated carbocycles. The van der Waals surface area contributed by atoms with Gasteiger partial charge in [-0.2, -0.15) is 15.2 Å². The van der Waals surface area contributed by atoms with Crippen molar-refractivity contribution in [3.05, 3.63) is 54.3 Å². The lowest BCUT2D eigenvalue weighted by Gasteiger charge is -2.41. The van der Waals surface area contributed by atoms with Gasteiger partial charge in [-0.15, -0.1) is 0 Å². The van der Waals surface area contributed by atoms with Gasteiger partial charge in [-0.3, -0.25) is 9.69 Å². The van der Waals surface area contributed by atoms with Crippen molar-refractivity contribution in [3.63, 3.8) is 0 Å². The number of amides is 1. The smallest absolute Gasteiger partial charge is 0.319 e. The van der Waals surface area contributed by atoms with E-state index in [1.54, 1.807) is 18.2 Å². The SMILES string of the molecule is N#CCC(=O)N1C2CCC1CN(c1nc(OCC34CCCN3CCC4)nc3c(F)c(-c4cc(O)cc5ccccc45)ccc13)C2. The Kier molecular flexibility index (Phi) is 6.75. The van der Waals surface area contributed by atoms with Crippen LogP contribution < -0.4 is 9.64 Å². The molecule has 0 aliphatic carbocycles. The third-order valence-corrected chi connectivity index (χ3v) is 10.5. The first kappa shape index (κ1) is 28.0. The predicted molar refractivity (Wildman–Crippen MR) is 168 cm³/mol. The van der Waals surface area contributed by atoms with Crippen molar-refractivity contribution in [2.75, 3.05) is 37.7 Å². The number of phenols is 1. The molecule has 4 aliphatic rings. The van der Waals surface area contributed by atoms with Crippen LogP contribution in [0.2, 0.25) is 0 Å². The minimum Gasteiger partial charge on any atom is -0.508 e. The molecule has 4 aromatic rings. The van der Waals surface area contributed by atoms with Gasteiger partial charge >= 0.3 is 6.01 Å². The van der Waals surface area contributed by atoms with Gasteiger partial charge in [-0.05, 0) is 86.1 Å². The molecule has 230 valence electrons. The van der Waals surface area contributed by atoms with E-state index in [-0.39, 0.29) is 47.2 Å². The molecule has 0 spiro atoms. The van der Waals surface area contributed by atoms with E-state index in [0.29, 0.717) is 42.0 Å². The van der Waals surface area contributed by atoms with E-state index in [9.17, 15) is 9.90 Å². The minimum absolute atomic E-state index is 0.0226. The van der Waals surface area contributed by atoms with Crippen molar-refractivity contribution in [2.45, 2.75) is 62.6 Å². The van der Waals surface area contributed by atoms with Crippen molar-refractivity contribution >= 4 is 33.4 Å². The molecule has 0 radical (unpaired) electrons. The summed E-state index contributed by atoms with van der Waals surface area (Å²) in [5.41, 5.74) is 1.07. The minimum atomic E-state index is -0.496. The zero-order valence-electron chi connectivity index (χ0n) is 25.1. The molecule has 9 nitrogen and oxygen atoms in total. The predicted octanol–water partition coefficient (Wildman–Crippen LogP) is 5.40. The van der Waals surface area contributed by atoms with Crippen LogP contribution in [-0.2, 0) is 4.79 Å². The molecule has 10 heteroatoms. The number of carbonyl (C=O) groups is 1. The van der Waals surface area contributed by atoms with E-state index in [0.717, 1.165) is 62.4 Å². The molecule has 8 rings (SSSR count). The third-order valence-electron chi connectivity index (χ3n) is 10.5. The Hall–Kier alpha value is -4.49. The first-order valence-electron chi connectivity index (χ1n) is 16.0. The molecule has 4 aliphatic heterocycles. The number of hydrogen-bond donors (Lipinski definition) is 1. The highest BCUT2D eigenvalue weighted by Gasteiger charge is 2.46. The molecule has 1 N–H and O–H groups in total. The highest BCUT2D eigenvalue weighted by molar-refractivity contribution is 6.01. The quantitative estimate of drug-likeness (QED) is 0.311. The summed E-state index contributed by atoms with van der Waals surface area (Å²) in [5.74, 6) is 0.0285. The Morgan fingerprint density at radius 2 is 1.78 bits per heavy atom. The summed E-state index contributed by atoms with van der Waals surface area (Å²) in [4.78, 5) is 28.9. The zero-order valence-corrected chi connectivity index (χ0v) is 25.1. The van der Waals surface area contributed by atoms with Crippen LogP contribution in [0.1, 0.15) is 44.9 Å². The zero-order chi connectivity index (χ0) is 30.7. The second-order valence-electron chi connectivity index (χ2n) is 13.0. The van der Waals surface area contributed by atoms with Gasteiger partial charge in [0.1, 0.15) is 30.1 Å². The normalized spacial score (nSPS) is 22.2.